The van der Waals surface area contributed by atoms with Crippen molar-refractivity contribution in [2.75, 3.05) is 13.1 Å². The zero-order valence-electron chi connectivity index (χ0n) is 15.6. The maximum Gasteiger partial charge on any atom is 0.321 e. The molecule has 0 aliphatic heterocycles. The Balaban J connectivity index is 1.48. The normalized spacial score (nSPS) is 13.8. The molecule has 0 bridgehead atoms. The molecule has 2 aromatic rings. The molecule has 0 unspecified atom stereocenters. The van der Waals surface area contributed by atoms with Crippen LogP contribution in [0.2, 0.25) is 0 Å². The van der Waals surface area contributed by atoms with Crippen LogP contribution in [0.3, 0.4) is 0 Å². The van der Waals surface area contributed by atoms with Crippen LogP contribution in [0.4, 0.5) is 4.79 Å². The molecule has 0 radical (unpaired) electrons. The van der Waals surface area contributed by atoms with Gasteiger partial charge >= 0.3 is 6.03 Å². The quantitative estimate of drug-likeness (QED) is 0.754. The van der Waals surface area contributed by atoms with Crippen LogP contribution in [0.1, 0.15) is 30.4 Å². The van der Waals surface area contributed by atoms with Gasteiger partial charge in [0, 0.05) is 19.6 Å². The molecule has 3 amide bonds. The summed E-state index contributed by atoms with van der Waals surface area (Å²) in [5.74, 6) is 0.393. The van der Waals surface area contributed by atoms with Gasteiger partial charge in [0.25, 0.3) is 0 Å². The third-order valence-electron chi connectivity index (χ3n) is 4.91. The van der Waals surface area contributed by atoms with Crippen molar-refractivity contribution in [3.05, 3.63) is 71.8 Å². The minimum atomic E-state index is -0.452. The smallest absolute Gasteiger partial charge is 0.321 e. The molecule has 27 heavy (non-hydrogen) atoms. The molecule has 1 aliphatic carbocycles. The molecule has 5 heteroatoms. The average Bonchev–Trinajstić information content (AvgIpc) is 2.64. The first-order valence-corrected chi connectivity index (χ1v) is 9.57. The van der Waals surface area contributed by atoms with E-state index < -0.39 is 6.03 Å². The maximum atomic E-state index is 12.3. The van der Waals surface area contributed by atoms with E-state index in [0.717, 1.165) is 18.7 Å². The fraction of sp³-hybridized carbons (Fsp3) is 0.364. The first-order chi connectivity index (χ1) is 13.2. The van der Waals surface area contributed by atoms with E-state index in [4.69, 9.17) is 0 Å². The number of hydrogen-bond donors (Lipinski definition) is 2. The molecule has 5 nitrogen and oxygen atoms in total. The number of rotatable bonds is 8. The van der Waals surface area contributed by atoms with Crippen LogP contribution in [0.15, 0.2) is 60.7 Å². The summed E-state index contributed by atoms with van der Waals surface area (Å²) in [7, 11) is 0. The van der Waals surface area contributed by atoms with Crippen LogP contribution in [-0.4, -0.2) is 29.9 Å². The number of amides is 3. The van der Waals surface area contributed by atoms with Crippen LogP contribution in [0.5, 0.6) is 0 Å². The largest absolute Gasteiger partial charge is 0.334 e. The van der Waals surface area contributed by atoms with E-state index in [9.17, 15) is 9.59 Å². The number of urea groups is 1. The Bertz CT molecular complexity index is 730. The molecule has 0 saturated heterocycles. The Morgan fingerprint density at radius 1 is 0.926 bits per heavy atom. The molecule has 1 fully saturated rings. The zero-order chi connectivity index (χ0) is 18.9. The first kappa shape index (κ1) is 19.1. The van der Waals surface area contributed by atoms with Gasteiger partial charge in [-0.25, -0.2) is 4.79 Å². The molecule has 142 valence electrons. The Labute approximate surface area is 160 Å². The lowest BCUT2D eigenvalue weighted by Crippen LogP contribution is -2.45. The van der Waals surface area contributed by atoms with Crippen molar-refractivity contribution in [3.8, 4) is 0 Å². The summed E-state index contributed by atoms with van der Waals surface area (Å²) in [6, 6.07) is 19.3. The lowest BCUT2D eigenvalue weighted by molar-refractivity contribution is -0.121. The second kappa shape index (κ2) is 9.88. The third kappa shape index (κ3) is 6.53. The van der Waals surface area contributed by atoms with Crippen molar-refractivity contribution < 1.29 is 9.59 Å². The highest BCUT2D eigenvalue weighted by molar-refractivity contribution is 5.95. The predicted molar refractivity (Wildman–Crippen MR) is 106 cm³/mol. The van der Waals surface area contributed by atoms with Crippen LogP contribution in [-0.2, 0) is 17.9 Å². The van der Waals surface area contributed by atoms with Crippen LogP contribution in [0.25, 0.3) is 0 Å². The molecule has 0 heterocycles. The lowest BCUT2D eigenvalue weighted by Gasteiger charge is -2.32. The Kier molecular flexibility index (Phi) is 6.99. The molecular formula is C22H27N3O2. The van der Waals surface area contributed by atoms with E-state index in [-0.39, 0.29) is 12.5 Å². The van der Waals surface area contributed by atoms with Crippen molar-refractivity contribution >= 4 is 11.9 Å². The number of imide groups is 1. The Morgan fingerprint density at radius 3 is 2.15 bits per heavy atom. The highest BCUT2D eigenvalue weighted by Gasteiger charge is 2.22. The zero-order valence-corrected chi connectivity index (χ0v) is 15.6. The van der Waals surface area contributed by atoms with Crippen LogP contribution >= 0.6 is 0 Å². The third-order valence-corrected chi connectivity index (χ3v) is 4.91. The van der Waals surface area contributed by atoms with Gasteiger partial charge in [0.1, 0.15) is 0 Å². The summed E-state index contributed by atoms with van der Waals surface area (Å²) in [6.07, 6.45) is 3.73. The minimum absolute atomic E-state index is 0.226. The highest BCUT2D eigenvalue weighted by atomic mass is 16.2. The maximum absolute atomic E-state index is 12.3. The van der Waals surface area contributed by atoms with E-state index in [1.54, 1.807) is 0 Å². The van der Waals surface area contributed by atoms with Crippen LogP contribution in [0, 0.1) is 5.92 Å². The Hall–Kier alpha value is -2.66. The van der Waals surface area contributed by atoms with Crippen molar-refractivity contribution in [1.29, 1.82) is 0 Å². The number of nitrogens with one attached hydrogen (secondary N) is 2. The van der Waals surface area contributed by atoms with Gasteiger partial charge in [-0.05, 0) is 29.9 Å². The van der Waals surface area contributed by atoms with Gasteiger partial charge in [-0.3, -0.25) is 15.0 Å². The van der Waals surface area contributed by atoms with Gasteiger partial charge in [-0.15, -0.1) is 0 Å². The summed E-state index contributed by atoms with van der Waals surface area (Å²) in [4.78, 5) is 26.5. The average molecular weight is 365 g/mol. The molecule has 1 aliphatic rings. The lowest BCUT2D eigenvalue weighted by atomic mass is 9.85. The number of carbonyl (C=O) groups is 2. The van der Waals surface area contributed by atoms with Gasteiger partial charge in [0.15, 0.2) is 0 Å². The molecule has 1 saturated carbocycles. The van der Waals surface area contributed by atoms with Gasteiger partial charge in [0.2, 0.25) is 5.91 Å². The molecule has 0 atom stereocenters. The molecule has 3 rings (SSSR count). The van der Waals surface area contributed by atoms with Gasteiger partial charge in [-0.2, -0.15) is 0 Å². The van der Waals surface area contributed by atoms with Crippen molar-refractivity contribution in [3.63, 3.8) is 0 Å². The summed E-state index contributed by atoms with van der Waals surface area (Å²) in [5, 5.41) is 5.17. The van der Waals surface area contributed by atoms with E-state index in [2.05, 4.69) is 27.7 Å². The second-order valence-corrected chi connectivity index (χ2v) is 7.17. The van der Waals surface area contributed by atoms with Crippen molar-refractivity contribution in [2.24, 2.45) is 5.92 Å². The predicted octanol–water partition coefficient (Wildman–Crippen LogP) is 3.31. The standard InChI is InChI=1S/C22H27N3O2/c26-21(24-22(27)23-14-18-8-3-1-4-9-18)17-25(16-20-12-7-13-20)15-19-10-5-2-6-11-19/h1-6,8-11,20H,7,12-17H2,(H2,23,24,26,27). The summed E-state index contributed by atoms with van der Waals surface area (Å²) < 4.78 is 0. The summed E-state index contributed by atoms with van der Waals surface area (Å²) >= 11 is 0. The fourth-order valence-corrected chi connectivity index (χ4v) is 3.26. The van der Waals surface area contributed by atoms with Gasteiger partial charge in [0.05, 0.1) is 6.54 Å². The summed E-state index contributed by atoms with van der Waals surface area (Å²) in [5.41, 5.74) is 2.17. The van der Waals surface area contributed by atoms with Crippen LogP contribution < -0.4 is 10.6 Å². The second-order valence-electron chi connectivity index (χ2n) is 7.17. The molecular weight excluding hydrogens is 338 g/mol. The monoisotopic (exact) mass is 365 g/mol. The van der Waals surface area contributed by atoms with Crippen molar-refractivity contribution in [1.82, 2.24) is 15.5 Å². The highest BCUT2D eigenvalue weighted by Crippen LogP contribution is 2.27. The first-order valence-electron chi connectivity index (χ1n) is 9.57. The van der Waals surface area contributed by atoms with Gasteiger partial charge < -0.3 is 5.32 Å². The van der Waals surface area contributed by atoms with E-state index >= 15 is 0 Å². The molecule has 2 N–H and O–H groups in total. The van der Waals surface area contributed by atoms with Crippen molar-refractivity contribution in [2.45, 2.75) is 32.4 Å². The summed E-state index contributed by atoms with van der Waals surface area (Å²) in [6.45, 7) is 2.24. The van der Waals surface area contributed by atoms with E-state index in [1.165, 1.54) is 24.8 Å². The topological polar surface area (TPSA) is 61.4 Å². The molecule has 2 aromatic carbocycles. The Morgan fingerprint density at radius 2 is 1.56 bits per heavy atom. The fourth-order valence-electron chi connectivity index (χ4n) is 3.26. The molecule has 0 aromatic heterocycles. The number of benzene rings is 2. The SMILES string of the molecule is O=C(CN(Cc1ccccc1)CC1CCC1)NC(=O)NCc1ccccc1. The number of carbonyl (C=O) groups excluding carboxylic acids is 2. The van der Waals surface area contributed by atoms with E-state index in [1.807, 2.05) is 48.5 Å². The van der Waals surface area contributed by atoms with E-state index in [0.29, 0.717) is 12.5 Å². The van der Waals surface area contributed by atoms with Gasteiger partial charge in [-0.1, -0.05) is 67.1 Å². The number of nitrogens with zero attached hydrogens (tertiary/aromatic N) is 1. The minimum Gasteiger partial charge on any atom is -0.334 e. The molecule has 0 spiro atoms. The number of hydrogen-bond acceptors (Lipinski definition) is 3.